The molecule has 8 nitrogen and oxygen atoms in total. The van der Waals surface area contributed by atoms with Crippen molar-refractivity contribution in [2.75, 3.05) is 6.54 Å². The highest BCUT2D eigenvalue weighted by atomic mass is 16.6. The molecule has 0 aliphatic carbocycles. The zero-order chi connectivity index (χ0) is 23.3. The Bertz CT molecular complexity index is 942. The van der Waals surface area contributed by atoms with E-state index in [0.29, 0.717) is 18.7 Å². The summed E-state index contributed by atoms with van der Waals surface area (Å²) in [5, 5.41) is 16.0. The first kappa shape index (κ1) is 24.2. The summed E-state index contributed by atoms with van der Waals surface area (Å²) in [6, 6.07) is 6.88. The summed E-state index contributed by atoms with van der Waals surface area (Å²) >= 11 is 0. The van der Waals surface area contributed by atoms with Crippen molar-refractivity contribution in [3.05, 3.63) is 35.5 Å². The molecule has 2 unspecified atom stereocenters. The van der Waals surface area contributed by atoms with E-state index in [1.807, 2.05) is 38.1 Å². The van der Waals surface area contributed by atoms with Gasteiger partial charge < -0.3 is 25.5 Å². The number of amides is 2. The number of benzene rings is 1. The van der Waals surface area contributed by atoms with E-state index in [9.17, 15) is 19.5 Å². The molecule has 4 N–H and O–H groups in total. The van der Waals surface area contributed by atoms with Gasteiger partial charge in [0.15, 0.2) is 0 Å². The SMILES string of the molecule is CC(NC(=O)OC(C)(C)C)C(=O)NCCc1c(C(C(=O)O)C(C)C)[nH]c2ccccc12. The van der Waals surface area contributed by atoms with Gasteiger partial charge in [-0.15, -0.1) is 0 Å². The van der Waals surface area contributed by atoms with Gasteiger partial charge in [0, 0.05) is 23.1 Å². The Morgan fingerprint density at radius 3 is 2.35 bits per heavy atom. The third kappa shape index (κ3) is 6.47. The summed E-state index contributed by atoms with van der Waals surface area (Å²) in [6.45, 7) is 10.9. The number of rotatable bonds is 8. The topological polar surface area (TPSA) is 121 Å². The molecule has 2 rings (SSSR count). The number of alkyl carbamates (subject to hydrolysis) is 1. The van der Waals surface area contributed by atoms with Crippen LogP contribution in [0.25, 0.3) is 10.9 Å². The van der Waals surface area contributed by atoms with Gasteiger partial charge in [-0.25, -0.2) is 4.79 Å². The van der Waals surface area contributed by atoms with Crippen LogP contribution < -0.4 is 10.6 Å². The van der Waals surface area contributed by atoms with Crippen molar-refractivity contribution in [3.8, 4) is 0 Å². The summed E-state index contributed by atoms with van der Waals surface area (Å²) in [5.41, 5.74) is 1.76. The van der Waals surface area contributed by atoms with Crippen molar-refractivity contribution in [3.63, 3.8) is 0 Å². The smallest absolute Gasteiger partial charge is 0.408 e. The van der Waals surface area contributed by atoms with Crippen molar-refractivity contribution in [1.29, 1.82) is 0 Å². The van der Waals surface area contributed by atoms with Gasteiger partial charge in [0.2, 0.25) is 5.91 Å². The maximum Gasteiger partial charge on any atom is 0.408 e. The number of aromatic amines is 1. The van der Waals surface area contributed by atoms with E-state index in [0.717, 1.165) is 16.5 Å². The van der Waals surface area contributed by atoms with Crippen LogP contribution in [0, 0.1) is 5.92 Å². The fourth-order valence-electron chi connectivity index (χ4n) is 3.51. The van der Waals surface area contributed by atoms with Gasteiger partial charge in [-0.1, -0.05) is 32.0 Å². The predicted molar refractivity (Wildman–Crippen MR) is 119 cm³/mol. The van der Waals surface area contributed by atoms with E-state index >= 15 is 0 Å². The molecular formula is C23H33N3O5. The first-order chi connectivity index (χ1) is 14.4. The Morgan fingerprint density at radius 2 is 1.77 bits per heavy atom. The lowest BCUT2D eigenvalue weighted by Crippen LogP contribution is -2.46. The Labute approximate surface area is 182 Å². The number of carbonyl (C=O) groups is 3. The van der Waals surface area contributed by atoms with E-state index in [1.165, 1.54) is 0 Å². The second-order valence-electron chi connectivity index (χ2n) is 9.03. The Balaban J connectivity index is 2.10. The first-order valence-corrected chi connectivity index (χ1v) is 10.5. The average Bonchev–Trinajstić information content (AvgIpc) is 2.97. The number of nitrogens with one attached hydrogen (secondary N) is 3. The summed E-state index contributed by atoms with van der Waals surface area (Å²) in [6.07, 6.45) is -0.198. The molecule has 31 heavy (non-hydrogen) atoms. The third-order valence-corrected chi connectivity index (χ3v) is 4.89. The van der Waals surface area contributed by atoms with Crippen molar-refractivity contribution in [2.24, 2.45) is 5.92 Å². The van der Waals surface area contributed by atoms with Crippen molar-refractivity contribution in [2.45, 2.75) is 65.5 Å². The Morgan fingerprint density at radius 1 is 1.13 bits per heavy atom. The molecule has 0 fully saturated rings. The molecule has 0 saturated carbocycles. The van der Waals surface area contributed by atoms with Gasteiger partial charge in [0.1, 0.15) is 11.6 Å². The zero-order valence-corrected chi connectivity index (χ0v) is 19.0. The van der Waals surface area contributed by atoms with Crippen LogP contribution in [0.5, 0.6) is 0 Å². The van der Waals surface area contributed by atoms with Crippen molar-refractivity contribution in [1.82, 2.24) is 15.6 Å². The third-order valence-electron chi connectivity index (χ3n) is 4.89. The molecule has 0 aliphatic heterocycles. The van der Waals surface area contributed by atoms with E-state index < -0.39 is 29.6 Å². The Kier molecular flexibility index (Phi) is 7.70. The summed E-state index contributed by atoms with van der Waals surface area (Å²) in [4.78, 5) is 39.4. The van der Waals surface area contributed by atoms with Gasteiger partial charge >= 0.3 is 12.1 Å². The van der Waals surface area contributed by atoms with Crippen molar-refractivity contribution >= 4 is 28.9 Å². The largest absolute Gasteiger partial charge is 0.481 e. The number of hydrogen-bond donors (Lipinski definition) is 4. The van der Waals surface area contributed by atoms with Crippen molar-refractivity contribution < 1.29 is 24.2 Å². The number of carboxylic acids is 1. The highest BCUT2D eigenvalue weighted by Crippen LogP contribution is 2.32. The minimum Gasteiger partial charge on any atom is -0.481 e. The number of carbonyl (C=O) groups excluding carboxylic acids is 2. The predicted octanol–water partition coefficient (Wildman–Crippen LogP) is 3.56. The number of ether oxygens (including phenoxy) is 1. The molecule has 2 amide bonds. The van der Waals surface area contributed by atoms with Crippen LogP contribution in [0.15, 0.2) is 24.3 Å². The number of hydrogen-bond acceptors (Lipinski definition) is 4. The molecule has 1 aromatic heterocycles. The van der Waals surface area contributed by atoms with E-state index in [4.69, 9.17) is 4.74 Å². The number of aliphatic carboxylic acids is 1. The van der Waals surface area contributed by atoms with E-state index in [-0.39, 0.29) is 11.8 Å². The van der Waals surface area contributed by atoms with E-state index in [2.05, 4.69) is 15.6 Å². The molecule has 2 atom stereocenters. The minimum absolute atomic E-state index is 0.100. The normalized spacial score (nSPS) is 13.6. The summed E-state index contributed by atoms with van der Waals surface area (Å²) in [5.74, 6) is -2.00. The average molecular weight is 432 g/mol. The van der Waals surface area contributed by atoms with Gasteiger partial charge in [-0.3, -0.25) is 9.59 Å². The second kappa shape index (κ2) is 9.85. The van der Waals surface area contributed by atoms with Crippen LogP contribution >= 0.6 is 0 Å². The van der Waals surface area contributed by atoms with Gasteiger partial charge in [0.05, 0.1) is 5.92 Å². The van der Waals surface area contributed by atoms with Crippen LogP contribution in [-0.2, 0) is 20.7 Å². The molecule has 0 radical (unpaired) electrons. The van der Waals surface area contributed by atoms with Gasteiger partial charge in [0.25, 0.3) is 0 Å². The molecular weight excluding hydrogens is 398 g/mol. The number of H-pyrrole nitrogens is 1. The first-order valence-electron chi connectivity index (χ1n) is 10.5. The summed E-state index contributed by atoms with van der Waals surface area (Å²) in [7, 11) is 0. The van der Waals surface area contributed by atoms with Crippen LogP contribution in [0.2, 0.25) is 0 Å². The number of aromatic nitrogens is 1. The highest BCUT2D eigenvalue weighted by molar-refractivity contribution is 5.88. The fraction of sp³-hybridized carbons (Fsp3) is 0.522. The highest BCUT2D eigenvalue weighted by Gasteiger charge is 2.29. The fourth-order valence-corrected chi connectivity index (χ4v) is 3.51. The molecule has 1 heterocycles. The van der Waals surface area contributed by atoms with Gasteiger partial charge in [-0.2, -0.15) is 0 Å². The lowest BCUT2D eigenvalue weighted by Gasteiger charge is -2.21. The molecule has 0 bridgehead atoms. The number of para-hydroxylation sites is 1. The summed E-state index contributed by atoms with van der Waals surface area (Å²) < 4.78 is 5.17. The number of carboxylic acid groups (broad SMARTS) is 1. The lowest BCUT2D eigenvalue weighted by atomic mass is 9.89. The molecule has 0 aliphatic rings. The van der Waals surface area contributed by atoms with Crippen LogP contribution in [0.1, 0.15) is 58.7 Å². The maximum absolute atomic E-state index is 12.4. The van der Waals surface area contributed by atoms with Crippen LogP contribution in [0.4, 0.5) is 4.79 Å². The minimum atomic E-state index is -0.887. The van der Waals surface area contributed by atoms with E-state index in [1.54, 1.807) is 27.7 Å². The second-order valence-corrected chi connectivity index (χ2v) is 9.03. The lowest BCUT2D eigenvalue weighted by molar-refractivity contribution is -0.140. The van der Waals surface area contributed by atoms with Gasteiger partial charge in [-0.05, 0) is 51.7 Å². The van der Waals surface area contributed by atoms with Crippen LogP contribution in [-0.4, -0.2) is 46.2 Å². The molecule has 170 valence electrons. The number of fused-ring (bicyclic) bond motifs is 1. The molecule has 8 heteroatoms. The molecule has 2 aromatic rings. The molecule has 0 saturated heterocycles. The monoisotopic (exact) mass is 431 g/mol. The maximum atomic E-state index is 12.4. The molecule has 1 aromatic carbocycles. The standard InChI is InChI=1S/C23H33N3O5/c1-13(2)18(21(28)29)19-16(15-9-7-8-10-17(15)26-19)11-12-24-20(27)14(3)25-22(30)31-23(4,5)6/h7-10,13-14,18,26H,11-12H2,1-6H3,(H,24,27)(H,25,30)(H,28,29). The van der Waals surface area contributed by atoms with Crippen LogP contribution in [0.3, 0.4) is 0 Å². The quantitative estimate of drug-likeness (QED) is 0.509. The Hall–Kier alpha value is -3.03. The zero-order valence-electron chi connectivity index (χ0n) is 19.0. The molecule has 0 spiro atoms.